The molecule has 0 saturated heterocycles. The lowest BCUT2D eigenvalue weighted by atomic mass is 10.3. The first-order valence-corrected chi connectivity index (χ1v) is 5.63. The van der Waals surface area contributed by atoms with Crippen LogP contribution in [0.3, 0.4) is 0 Å². The summed E-state index contributed by atoms with van der Waals surface area (Å²) in [7, 11) is 0. The van der Waals surface area contributed by atoms with Gasteiger partial charge in [-0.15, -0.1) is 11.3 Å². The highest BCUT2D eigenvalue weighted by molar-refractivity contribution is 7.09. The van der Waals surface area contributed by atoms with Crippen molar-refractivity contribution in [1.29, 1.82) is 0 Å². The molecule has 2 aromatic rings. The zero-order chi connectivity index (χ0) is 11.5. The second-order valence-electron chi connectivity index (χ2n) is 3.34. The minimum absolute atomic E-state index is 0.158. The molecule has 1 N–H and O–H groups in total. The molecule has 2 nitrogen and oxygen atoms in total. The molecule has 0 fully saturated rings. The third kappa shape index (κ3) is 2.55. The van der Waals surface area contributed by atoms with Gasteiger partial charge >= 0.3 is 0 Å². The van der Waals surface area contributed by atoms with Gasteiger partial charge in [0.1, 0.15) is 11.6 Å². The first kappa shape index (κ1) is 11.0. The van der Waals surface area contributed by atoms with Gasteiger partial charge in [0.05, 0.1) is 22.9 Å². The fourth-order valence-corrected chi connectivity index (χ4v) is 1.92. The van der Waals surface area contributed by atoms with Gasteiger partial charge in [0.15, 0.2) is 0 Å². The summed E-state index contributed by atoms with van der Waals surface area (Å²) in [5.41, 5.74) is 0.983. The van der Waals surface area contributed by atoms with Gasteiger partial charge in [-0.1, -0.05) is 0 Å². The molecule has 0 radical (unpaired) electrons. The summed E-state index contributed by atoms with van der Waals surface area (Å²) in [5.74, 6) is -0.924. The van der Waals surface area contributed by atoms with E-state index in [1.165, 1.54) is 11.3 Å². The van der Waals surface area contributed by atoms with E-state index >= 15 is 0 Å². The van der Waals surface area contributed by atoms with Crippen LogP contribution in [0.25, 0.3) is 0 Å². The molecular formula is C11H10F2N2S. The number of hydrogen-bond acceptors (Lipinski definition) is 3. The molecule has 5 heteroatoms. The molecule has 0 aliphatic carbocycles. The lowest BCUT2D eigenvalue weighted by molar-refractivity contribution is 0.602. The maximum Gasteiger partial charge on any atom is 0.146 e. The van der Waals surface area contributed by atoms with Crippen LogP contribution in [-0.2, 0) is 6.54 Å². The Morgan fingerprint density at radius 1 is 1.38 bits per heavy atom. The summed E-state index contributed by atoms with van der Waals surface area (Å²) in [6.45, 7) is 2.29. The predicted molar refractivity (Wildman–Crippen MR) is 60.5 cm³/mol. The molecule has 1 aromatic carbocycles. The second-order valence-corrected chi connectivity index (χ2v) is 4.40. The SMILES string of the molecule is Cc1nc(CNc2cc(F)ccc2F)cs1. The molecule has 84 valence electrons. The quantitative estimate of drug-likeness (QED) is 0.890. The number of nitrogens with zero attached hydrogens (tertiary/aromatic N) is 1. The van der Waals surface area contributed by atoms with Crippen LogP contribution in [0, 0.1) is 18.6 Å². The Balaban J connectivity index is 2.07. The van der Waals surface area contributed by atoms with Crippen molar-refractivity contribution in [3.63, 3.8) is 0 Å². The molecule has 2 rings (SSSR count). The van der Waals surface area contributed by atoms with Gasteiger partial charge in [0.2, 0.25) is 0 Å². The Morgan fingerprint density at radius 3 is 2.88 bits per heavy atom. The fraction of sp³-hybridized carbons (Fsp3) is 0.182. The van der Waals surface area contributed by atoms with E-state index < -0.39 is 11.6 Å². The third-order valence-electron chi connectivity index (χ3n) is 2.05. The maximum atomic E-state index is 13.2. The summed E-state index contributed by atoms with van der Waals surface area (Å²) >= 11 is 1.53. The first-order valence-electron chi connectivity index (χ1n) is 4.75. The van der Waals surface area contributed by atoms with E-state index in [1.807, 2.05) is 12.3 Å². The number of rotatable bonds is 3. The number of benzene rings is 1. The molecule has 16 heavy (non-hydrogen) atoms. The molecule has 0 bridgehead atoms. The van der Waals surface area contributed by atoms with Crippen LogP contribution in [-0.4, -0.2) is 4.98 Å². The summed E-state index contributed by atoms with van der Waals surface area (Å²) < 4.78 is 26.1. The van der Waals surface area contributed by atoms with Crippen molar-refractivity contribution in [2.45, 2.75) is 13.5 Å². The highest BCUT2D eigenvalue weighted by Gasteiger charge is 2.04. The molecule has 0 unspecified atom stereocenters. The van der Waals surface area contributed by atoms with E-state index in [2.05, 4.69) is 10.3 Å². The van der Waals surface area contributed by atoms with E-state index in [0.29, 0.717) is 6.54 Å². The molecule has 0 amide bonds. The minimum atomic E-state index is -0.464. The smallest absolute Gasteiger partial charge is 0.146 e. The van der Waals surface area contributed by atoms with Crippen LogP contribution in [0.4, 0.5) is 14.5 Å². The average Bonchev–Trinajstić information content (AvgIpc) is 2.66. The van der Waals surface area contributed by atoms with Crippen molar-refractivity contribution in [1.82, 2.24) is 4.98 Å². The molecule has 0 spiro atoms. The van der Waals surface area contributed by atoms with Gasteiger partial charge in [0.25, 0.3) is 0 Å². The average molecular weight is 240 g/mol. The summed E-state index contributed by atoms with van der Waals surface area (Å²) in [6, 6.07) is 3.33. The normalized spacial score (nSPS) is 10.4. The van der Waals surface area contributed by atoms with Gasteiger partial charge in [-0.2, -0.15) is 0 Å². The van der Waals surface area contributed by atoms with E-state index in [4.69, 9.17) is 0 Å². The standard InChI is InChI=1S/C11H10F2N2S/c1-7-15-9(6-16-7)5-14-11-4-8(12)2-3-10(11)13/h2-4,6,14H,5H2,1H3. The zero-order valence-corrected chi connectivity index (χ0v) is 9.44. The lowest BCUT2D eigenvalue weighted by Gasteiger charge is -2.05. The maximum absolute atomic E-state index is 13.2. The number of nitrogens with one attached hydrogen (secondary N) is 1. The Labute approximate surface area is 96.0 Å². The van der Waals surface area contributed by atoms with E-state index in [-0.39, 0.29) is 5.69 Å². The van der Waals surface area contributed by atoms with Crippen molar-refractivity contribution >= 4 is 17.0 Å². The van der Waals surface area contributed by atoms with Gasteiger partial charge in [-0.25, -0.2) is 13.8 Å². The molecule has 1 aromatic heterocycles. The summed E-state index contributed by atoms with van der Waals surface area (Å²) in [6.07, 6.45) is 0. The van der Waals surface area contributed by atoms with Crippen molar-refractivity contribution < 1.29 is 8.78 Å². The largest absolute Gasteiger partial charge is 0.377 e. The molecule has 0 aliphatic rings. The van der Waals surface area contributed by atoms with Crippen LogP contribution < -0.4 is 5.32 Å². The Bertz CT molecular complexity index is 496. The lowest BCUT2D eigenvalue weighted by Crippen LogP contribution is -2.02. The summed E-state index contributed by atoms with van der Waals surface area (Å²) in [5, 5.41) is 5.66. The van der Waals surface area contributed by atoms with Gasteiger partial charge in [-0.3, -0.25) is 0 Å². The van der Waals surface area contributed by atoms with Crippen molar-refractivity contribution in [2.24, 2.45) is 0 Å². The number of anilines is 1. The molecule has 1 heterocycles. The van der Waals surface area contributed by atoms with E-state index in [1.54, 1.807) is 0 Å². The van der Waals surface area contributed by atoms with Gasteiger partial charge < -0.3 is 5.32 Å². The Hall–Kier alpha value is -1.49. The Kier molecular flexibility index (Phi) is 3.14. The Morgan fingerprint density at radius 2 is 2.19 bits per heavy atom. The number of aryl methyl sites for hydroxylation is 1. The number of thiazole rings is 1. The first-order chi connectivity index (χ1) is 7.65. The van der Waals surface area contributed by atoms with Crippen LogP contribution in [0.15, 0.2) is 23.6 Å². The van der Waals surface area contributed by atoms with Gasteiger partial charge in [0, 0.05) is 5.38 Å². The second kappa shape index (κ2) is 4.57. The molecule has 0 aliphatic heterocycles. The molecule has 0 saturated carbocycles. The monoisotopic (exact) mass is 240 g/mol. The third-order valence-corrected chi connectivity index (χ3v) is 2.88. The van der Waals surface area contributed by atoms with Crippen molar-refractivity contribution in [3.05, 3.63) is 45.9 Å². The van der Waals surface area contributed by atoms with Crippen LogP contribution in [0.1, 0.15) is 10.7 Å². The highest BCUT2D eigenvalue weighted by Crippen LogP contribution is 2.16. The molecular weight excluding hydrogens is 230 g/mol. The minimum Gasteiger partial charge on any atom is -0.377 e. The topological polar surface area (TPSA) is 24.9 Å². The number of halogens is 2. The zero-order valence-electron chi connectivity index (χ0n) is 8.63. The fourth-order valence-electron chi connectivity index (χ4n) is 1.31. The van der Waals surface area contributed by atoms with Crippen LogP contribution in [0.5, 0.6) is 0 Å². The van der Waals surface area contributed by atoms with E-state index in [0.717, 1.165) is 28.9 Å². The van der Waals surface area contributed by atoms with Crippen LogP contribution >= 0.6 is 11.3 Å². The van der Waals surface area contributed by atoms with Gasteiger partial charge in [-0.05, 0) is 25.1 Å². The number of aromatic nitrogens is 1. The predicted octanol–water partition coefficient (Wildman–Crippen LogP) is 3.34. The molecule has 0 atom stereocenters. The summed E-state index contributed by atoms with van der Waals surface area (Å²) in [4.78, 5) is 4.22. The van der Waals surface area contributed by atoms with Crippen molar-refractivity contribution in [3.8, 4) is 0 Å². The number of hydrogen-bond donors (Lipinski definition) is 1. The highest BCUT2D eigenvalue weighted by atomic mass is 32.1. The van der Waals surface area contributed by atoms with E-state index in [9.17, 15) is 8.78 Å². The van der Waals surface area contributed by atoms with Crippen molar-refractivity contribution in [2.75, 3.05) is 5.32 Å². The van der Waals surface area contributed by atoms with Crippen LogP contribution in [0.2, 0.25) is 0 Å².